The van der Waals surface area contributed by atoms with E-state index < -0.39 is 0 Å². The maximum atomic E-state index is 9.66. The Morgan fingerprint density at radius 1 is 1.14 bits per heavy atom. The van der Waals surface area contributed by atoms with Gasteiger partial charge in [0, 0.05) is 37.8 Å². The Hall–Kier alpha value is -2.16. The van der Waals surface area contributed by atoms with Gasteiger partial charge >= 0.3 is 0 Å². The van der Waals surface area contributed by atoms with Crippen LogP contribution >= 0.6 is 0 Å². The third-order valence-electron chi connectivity index (χ3n) is 5.65. The fraction of sp³-hybridized carbons (Fsp3) is 0.619. The normalized spacial score (nSPS) is 23.1. The molecule has 1 saturated carbocycles. The van der Waals surface area contributed by atoms with Gasteiger partial charge in [0.1, 0.15) is 12.4 Å². The first kappa shape index (κ1) is 20.1. The second-order valence-electron chi connectivity index (χ2n) is 7.70. The zero-order chi connectivity index (χ0) is 20.1. The Morgan fingerprint density at radius 2 is 1.90 bits per heavy atom. The molecule has 1 saturated heterocycles. The minimum atomic E-state index is -0.165. The highest BCUT2D eigenvalue weighted by atomic mass is 16.5. The summed E-state index contributed by atoms with van der Waals surface area (Å²) < 4.78 is 16.9. The van der Waals surface area contributed by atoms with Gasteiger partial charge in [0.2, 0.25) is 0 Å². The predicted molar refractivity (Wildman–Crippen MR) is 111 cm³/mol. The quantitative estimate of drug-likeness (QED) is 0.728. The lowest BCUT2D eigenvalue weighted by molar-refractivity contribution is 0.0321. The van der Waals surface area contributed by atoms with Gasteiger partial charge in [-0.3, -0.25) is 9.88 Å². The van der Waals surface area contributed by atoms with Crippen LogP contribution in [-0.4, -0.2) is 78.7 Å². The molecular weight excluding hydrogens is 372 g/mol. The molecule has 2 N–H and O–H groups in total. The molecular formula is C21H30N4O4. The molecule has 0 radical (unpaired) electrons. The summed E-state index contributed by atoms with van der Waals surface area (Å²) in [6, 6.07) is 4.10. The van der Waals surface area contributed by atoms with E-state index in [9.17, 15) is 5.11 Å². The number of methoxy groups -OCH3 is 1. The number of nitrogens with one attached hydrogen (secondary N) is 1. The van der Waals surface area contributed by atoms with Gasteiger partial charge in [-0.25, -0.2) is 4.98 Å². The molecule has 0 amide bonds. The monoisotopic (exact) mass is 402 g/mol. The zero-order valence-electron chi connectivity index (χ0n) is 17.0. The second-order valence-corrected chi connectivity index (χ2v) is 7.70. The van der Waals surface area contributed by atoms with Crippen LogP contribution in [0, 0.1) is 0 Å². The molecule has 1 aliphatic heterocycles. The van der Waals surface area contributed by atoms with Gasteiger partial charge in [0.25, 0.3) is 0 Å². The van der Waals surface area contributed by atoms with E-state index in [1.165, 1.54) is 0 Å². The van der Waals surface area contributed by atoms with Crippen LogP contribution in [0.4, 0.5) is 5.82 Å². The van der Waals surface area contributed by atoms with E-state index in [-0.39, 0.29) is 6.10 Å². The molecule has 158 valence electrons. The lowest BCUT2D eigenvalue weighted by Gasteiger charge is -2.26. The highest BCUT2D eigenvalue weighted by Crippen LogP contribution is 2.31. The van der Waals surface area contributed by atoms with Gasteiger partial charge in [-0.2, -0.15) is 0 Å². The number of aromatic nitrogens is 2. The molecule has 29 heavy (non-hydrogen) atoms. The number of morpholine rings is 1. The van der Waals surface area contributed by atoms with E-state index in [1.54, 1.807) is 13.3 Å². The summed E-state index contributed by atoms with van der Waals surface area (Å²) in [5.74, 6) is 2.10. The zero-order valence-corrected chi connectivity index (χ0v) is 17.0. The summed E-state index contributed by atoms with van der Waals surface area (Å²) in [5.41, 5.74) is 1.54. The van der Waals surface area contributed by atoms with Gasteiger partial charge < -0.3 is 24.6 Å². The van der Waals surface area contributed by atoms with Crippen LogP contribution < -0.4 is 14.8 Å². The number of nitrogens with zero attached hydrogens (tertiary/aromatic N) is 3. The number of benzene rings is 1. The third-order valence-corrected chi connectivity index (χ3v) is 5.65. The van der Waals surface area contributed by atoms with E-state index in [0.717, 1.165) is 75.4 Å². The number of fused-ring (bicyclic) bond motifs is 1. The van der Waals surface area contributed by atoms with Gasteiger partial charge in [-0.1, -0.05) is 0 Å². The van der Waals surface area contributed by atoms with Crippen LogP contribution in [0.25, 0.3) is 11.0 Å². The van der Waals surface area contributed by atoms with Crippen LogP contribution in [0.2, 0.25) is 0 Å². The Balaban J connectivity index is 1.41. The van der Waals surface area contributed by atoms with Crippen LogP contribution in [0.5, 0.6) is 11.5 Å². The van der Waals surface area contributed by atoms with E-state index in [4.69, 9.17) is 19.2 Å². The molecule has 0 bridgehead atoms. The van der Waals surface area contributed by atoms with Crippen molar-refractivity contribution in [3.63, 3.8) is 0 Å². The lowest BCUT2D eigenvalue weighted by Crippen LogP contribution is -2.38. The van der Waals surface area contributed by atoms with Crippen molar-refractivity contribution in [3.05, 3.63) is 18.3 Å². The van der Waals surface area contributed by atoms with Crippen molar-refractivity contribution < 1.29 is 19.3 Å². The first-order valence-electron chi connectivity index (χ1n) is 10.4. The Kier molecular flexibility index (Phi) is 6.63. The molecule has 1 aromatic carbocycles. The summed E-state index contributed by atoms with van der Waals surface area (Å²) in [5, 5.41) is 13.1. The van der Waals surface area contributed by atoms with Gasteiger partial charge in [-0.05, 0) is 25.7 Å². The maximum absolute atomic E-state index is 9.66. The molecule has 8 heteroatoms. The molecule has 0 atom stereocenters. The standard InChI is InChI=1S/C21H30N4O4/c1-27-19-13-18-17(12-20(19)29-11-8-25-6-9-28-10-7-25)22-14-21(24-18)23-15-2-4-16(26)5-3-15/h12-16,26H,2-11H2,1H3,(H,23,24)/t15-,16-. The van der Waals surface area contributed by atoms with Crippen LogP contribution in [-0.2, 0) is 4.74 Å². The molecule has 8 nitrogen and oxygen atoms in total. The SMILES string of the molecule is COc1cc2nc(N[C@H]3CC[C@H](O)CC3)cnc2cc1OCCN1CCOCC1. The van der Waals surface area contributed by atoms with Crippen molar-refractivity contribution in [3.8, 4) is 11.5 Å². The average Bonchev–Trinajstić information content (AvgIpc) is 2.75. The van der Waals surface area contributed by atoms with Crippen molar-refractivity contribution in [2.24, 2.45) is 0 Å². The lowest BCUT2D eigenvalue weighted by atomic mass is 9.93. The van der Waals surface area contributed by atoms with Crippen LogP contribution in [0.15, 0.2) is 18.3 Å². The molecule has 2 aliphatic rings. The number of anilines is 1. The van der Waals surface area contributed by atoms with Crippen molar-refractivity contribution in [1.29, 1.82) is 0 Å². The third kappa shape index (κ3) is 5.26. The topological polar surface area (TPSA) is 89.0 Å². The maximum Gasteiger partial charge on any atom is 0.163 e. The van der Waals surface area contributed by atoms with Crippen molar-refractivity contribution in [2.75, 3.05) is 51.9 Å². The smallest absolute Gasteiger partial charge is 0.163 e. The second kappa shape index (κ2) is 9.56. The van der Waals surface area contributed by atoms with Gasteiger partial charge in [0.05, 0.1) is 43.7 Å². The Morgan fingerprint density at radius 3 is 2.66 bits per heavy atom. The predicted octanol–water partition coefficient (Wildman–Crippen LogP) is 2.06. The van der Waals surface area contributed by atoms with Crippen LogP contribution in [0.1, 0.15) is 25.7 Å². The average molecular weight is 402 g/mol. The van der Waals surface area contributed by atoms with Crippen molar-refractivity contribution in [2.45, 2.75) is 37.8 Å². The summed E-state index contributed by atoms with van der Waals surface area (Å²) in [4.78, 5) is 11.6. The first-order valence-corrected chi connectivity index (χ1v) is 10.4. The molecule has 0 spiro atoms. The Labute approximate surface area is 171 Å². The van der Waals surface area contributed by atoms with Gasteiger partial charge in [-0.15, -0.1) is 0 Å². The number of hydrogen-bond donors (Lipinski definition) is 2. The van der Waals surface area contributed by atoms with Gasteiger partial charge in [0.15, 0.2) is 11.5 Å². The largest absolute Gasteiger partial charge is 0.493 e. The van der Waals surface area contributed by atoms with Crippen molar-refractivity contribution >= 4 is 16.9 Å². The molecule has 2 heterocycles. The number of rotatable bonds is 7. The van der Waals surface area contributed by atoms with E-state index in [2.05, 4.69) is 15.2 Å². The summed E-state index contributed by atoms with van der Waals surface area (Å²) in [7, 11) is 1.64. The first-order chi connectivity index (χ1) is 14.2. The van der Waals surface area contributed by atoms with Crippen molar-refractivity contribution in [1.82, 2.24) is 14.9 Å². The minimum absolute atomic E-state index is 0.165. The summed E-state index contributed by atoms with van der Waals surface area (Å²) >= 11 is 0. The van der Waals surface area contributed by atoms with E-state index in [1.807, 2.05) is 12.1 Å². The molecule has 4 rings (SSSR count). The molecule has 2 aromatic rings. The number of aliphatic hydroxyl groups is 1. The molecule has 2 fully saturated rings. The highest BCUT2D eigenvalue weighted by molar-refractivity contribution is 5.80. The highest BCUT2D eigenvalue weighted by Gasteiger charge is 2.20. The number of ether oxygens (including phenoxy) is 3. The molecule has 1 aromatic heterocycles. The Bertz CT molecular complexity index is 805. The summed E-state index contributed by atoms with van der Waals surface area (Å²) in [6.45, 7) is 4.90. The summed E-state index contributed by atoms with van der Waals surface area (Å²) in [6.07, 6.45) is 5.15. The fourth-order valence-electron chi connectivity index (χ4n) is 3.90. The van der Waals surface area contributed by atoms with Crippen LogP contribution in [0.3, 0.4) is 0 Å². The minimum Gasteiger partial charge on any atom is -0.493 e. The van der Waals surface area contributed by atoms with E-state index in [0.29, 0.717) is 24.1 Å². The number of aliphatic hydroxyl groups excluding tert-OH is 1. The molecule has 1 aliphatic carbocycles. The fourth-order valence-corrected chi connectivity index (χ4v) is 3.90. The number of hydrogen-bond acceptors (Lipinski definition) is 8. The van der Waals surface area contributed by atoms with E-state index >= 15 is 0 Å². The molecule has 0 unspecified atom stereocenters.